The average molecular weight is 590 g/mol. The summed E-state index contributed by atoms with van der Waals surface area (Å²) in [5.74, 6) is -0.407. The van der Waals surface area contributed by atoms with E-state index in [1.54, 1.807) is 54.6 Å². The Labute approximate surface area is 248 Å². The summed E-state index contributed by atoms with van der Waals surface area (Å²) in [4.78, 5) is 28.6. The topological polar surface area (TPSA) is 90.0 Å². The molecule has 2 heterocycles. The molecule has 5 rings (SSSR count). The Morgan fingerprint density at radius 3 is 2.26 bits per heavy atom. The maximum atomic E-state index is 13.2. The van der Waals surface area contributed by atoms with Gasteiger partial charge < -0.3 is 14.4 Å². The van der Waals surface area contributed by atoms with Gasteiger partial charge in [0.05, 0.1) is 29.4 Å². The van der Waals surface area contributed by atoms with Gasteiger partial charge in [-0.15, -0.1) is 0 Å². The molecule has 0 unspecified atom stereocenters. The highest BCUT2D eigenvalue weighted by Gasteiger charge is 2.46. The Bertz CT molecular complexity index is 1410. The van der Waals surface area contributed by atoms with Crippen molar-refractivity contribution in [2.75, 3.05) is 12.4 Å². The SMILES string of the molecule is O=C(O[C@H](CCOCc1ccccc1)[C@@H]1CC[C@H]2CCC(=O)N2[C@@H]1CCCS(=O)(=O)c1ccccc1)c1ccccc1. The Morgan fingerprint density at radius 1 is 0.881 bits per heavy atom. The quantitative estimate of drug-likeness (QED) is 0.184. The van der Waals surface area contributed by atoms with Crippen LogP contribution in [0.3, 0.4) is 0 Å². The first-order chi connectivity index (χ1) is 20.4. The molecule has 0 aromatic heterocycles. The number of esters is 1. The summed E-state index contributed by atoms with van der Waals surface area (Å²) in [6.07, 6.45) is 3.93. The third kappa shape index (κ3) is 7.47. The smallest absolute Gasteiger partial charge is 0.338 e. The summed E-state index contributed by atoms with van der Waals surface area (Å²) in [5, 5.41) is 0. The molecule has 2 aliphatic heterocycles. The minimum absolute atomic E-state index is 0.00157. The van der Waals surface area contributed by atoms with Crippen LogP contribution in [0.15, 0.2) is 95.9 Å². The third-order valence-electron chi connectivity index (χ3n) is 8.48. The zero-order chi connectivity index (χ0) is 29.4. The number of hydrogen-bond acceptors (Lipinski definition) is 6. The lowest BCUT2D eigenvalue weighted by Gasteiger charge is -2.46. The van der Waals surface area contributed by atoms with Crippen LogP contribution in [0.2, 0.25) is 0 Å². The summed E-state index contributed by atoms with van der Waals surface area (Å²) in [6, 6.07) is 27.3. The second kappa shape index (κ2) is 14.1. The lowest BCUT2D eigenvalue weighted by atomic mass is 9.79. The first-order valence-electron chi connectivity index (χ1n) is 14.9. The summed E-state index contributed by atoms with van der Waals surface area (Å²) >= 11 is 0. The molecule has 0 bridgehead atoms. The molecule has 2 aliphatic rings. The Balaban J connectivity index is 1.32. The number of sulfone groups is 1. The van der Waals surface area contributed by atoms with Crippen LogP contribution in [0, 0.1) is 5.92 Å². The van der Waals surface area contributed by atoms with E-state index >= 15 is 0 Å². The van der Waals surface area contributed by atoms with Crippen molar-refractivity contribution in [3.63, 3.8) is 0 Å². The van der Waals surface area contributed by atoms with Gasteiger partial charge in [-0.3, -0.25) is 4.79 Å². The molecule has 7 nitrogen and oxygen atoms in total. The van der Waals surface area contributed by atoms with Gasteiger partial charge in [0.25, 0.3) is 0 Å². The van der Waals surface area contributed by atoms with Gasteiger partial charge in [-0.25, -0.2) is 13.2 Å². The normalized spacial score (nSPS) is 21.1. The number of piperidine rings is 1. The highest BCUT2D eigenvalue weighted by atomic mass is 32.2. The summed E-state index contributed by atoms with van der Waals surface area (Å²) in [5.41, 5.74) is 1.54. The number of carbonyl (C=O) groups is 2. The van der Waals surface area contributed by atoms with Gasteiger partial charge in [-0.1, -0.05) is 66.7 Å². The standard InChI is InChI=1S/C34H39NO6S/c36-33-21-19-28-18-20-30(31(35(28)33)17-10-24-42(38,39)29-15-8-3-9-16-29)32(41-34(37)27-13-6-2-7-14-27)22-23-40-25-26-11-4-1-5-12-26/h1-9,11-16,28,30-32H,10,17-25H2/t28-,30+,31+,32+/m0/s1. The van der Waals surface area contributed by atoms with Gasteiger partial charge in [-0.05, 0) is 61.9 Å². The van der Waals surface area contributed by atoms with E-state index in [9.17, 15) is 18.0 Å². The van der Waals surface area contributed by atoms with Crippen molar-refractivity contribution in [3.05, 3.63) is 102 Å². The van der Waals surface area contributed by atoms with Crippen LogP contribution in [-0.4, -0.2) is 55.7 Å². The van der Waals surface area contributed by atoms with E-state index in [-0.39, 0.29) is 29.7 Å². The summed E-state index contributed by atoms with van der Waals surface area (Å²) in [7, 11) is -3.44. The van der Waals surface area contributed by atoms with E-state index in [0.717, 1.165) is 24.8 Å². The van der Waals surface area contributed by atoms with Crippen molar-refractivity contribution >= 4 is 21.7 Å². The van der Waals surface area contributed by atoms with E-state index in [1.807, 2.05) is 41.3 Å². The maximum Gasteiger partial charge on any atom is 0.338 e. The van der Waals surface area contributed by atoms with Crippen LogP contribution in [-0.2, 0) is 30.7 Å². The van der Waals surface area contributed by atoms with Crippen LogP contribution in [0.25, 0.3) is 0 Å². The van der Waals surface area contributed by atoms with E-state index in [1.165, 1.54) is 0 Å². The average Bonchev–Trinajstić information content (AvgIpc) is 3.41. The first-order valence-corrected chi connectivity index (χ1v) is 16.5. The lowest BCUT2D eigenvalue weighted by Crippen LogP contribution is -2.53. The maximum absolute atomic E-state index is 13.2. The fourth-order valence-electron chi connectivity index (χ4n) is 6.40. The number of benzene rings is 3. The third-order valence-corrected chi connectivity index (χ3v) is 10.3. The molecule has 0 N–H and O–H groups in total. The second-order valence-electron chi connectivity index (χ2n) is 11.2. The van der Waals surface area contributed by atoms with Crippen LogP contribution in [0.1, 0.15) is 60.9 Å². The van der Waals surface area contributed by atoms with Crippen LogP contribution in [0.5, 0.6) is 0 Å². The van der Waals surface area contributed by atoms with Gasteiger partial charge in [0.1, 0.15) is 6.10 Å². The van der Waals surface area contributed by atoms with Crippen molar-refractivity contribution in [1.29, 1.82) is 0 Å². The van der Waals surface area contributed by atoms with Gasteiger partial charge in [0.2, 0.25) is 5.91 Å². The lowest BCUT2D eigenvalue weighted by molar-refractivity contribution is -0.137. The predicted molar refractivity (Wildman–Crippen MR) is 160 cm³/mol. The Hall–Kier alpha value is -3.49. The van der Waals surface area contributed by atoms with Gasteiger partial charge >= 0.3 is 5.97 Å². The molecule has 2 fully saturated rings. The molecule has 3 aromatic rings. The Kier molecular flexibility index (Phi) is 10.1. The second-order valence-corrected chi connectivity index (χ2v) is 13.3. The van der Waals surface area contributed by atoms with E-state index in [0.29, 0.717) is 49.4 Å². The zero-order valence-corrected chi connectivity index (χ0v) is 24.7. The molecule has 0 saturated carbocycles. The number of fused-ring (bicyclic) bond motifs is 1. The molecule has 8 heteroatoms. The molecule has 1 amide bonds. The van der Waals surface area contributed by atoms with Gasteiger partial charge in [0.15, 0.2) is 9.84 Å². The van der Waals surface area contributed by atoms with Crippen molar-refractivity contribution in [1.82, 2.24) is 4.90 Å². The molecule has 0 aliphatic carbocycles. The van der Waals surface area contributed by atoms with Crippen LogP contribution >= 0.6 is 0 Å². The highest BCUT2D eigenvalue weighted by Crippen LogP contribution is 2.40. The van der Waals surface area contributed by atoms with Crippen molar-refractivity contribution < 1.29 is 27.5 Å². The number of rotatable bonds is 13. The number of ether oxygens (including phenoxy) is 2. The van der Waals surface area contributed by atoms with E-state index < -0.39 is 21.9 Å². The summed E-state index contributed by atoms with van der Waals surface area (Å²) < 4.78 is 38.2. The minimum Gasteiger partial charge on any atom is -0.458 e. The molecule has 2 saturated heterocycles. The fraction of sp³-hybridized carbons (Fsp3) is 0.412. The number of carbonyl (C=O) groups excluding carboxylic acids is 2. The van der Waals surface area contributed by atoms with Crippen LogP contribution < -0.4 is 0 Å². The van der Waals surface area contributed by atoms with Gasteiger partial charge in [0, 0.05) is 30.8 Å². The van der Waals surface area contributed by atoms with E-state index in [2.05, 4.69) is 0 Å². The molecule has 0 radical (unpaired) electrons. The van der Waals surface area contributed by atoms with Crippen molar-refractivity contribution in [3.8, 4) is 0 Å². The molecule has 3 aromatic carbocycles. The van der Waals surface area contributed by atoms with E-state index in [4.69, 9.17) is 9.47 Å². The molecular weight excluding hydrogens is 550 g/mol. The monoisotopic (exact) mass is 589 g/mol. The number of nitrogens with zero attached hydrogens (tertiary/aromatic N) is 1. The van der Waals surface area contributed by atoms with Gasteiger partial charge in [-0.2, -0.15) is 0 Å². The zero-order valence-electron chi connectivity index (χ0n) is 23.8. The molecule has 42 heavy (non-hydrogen) atoms. The van der Waals surface area contributed by atoms with Crippen molar-refractivity contribution in [2.45, 2.75) is 74.6 Å². The Morgan fingerprint density at radius 2 is 1.55 bits per heavy atom. The molecule has 0 spiro atoms. The molecular formula is C34H39NO6S. The summed E-state index contributed by atoms with van der Waals surface area (Å²) in [6.45, 7) is 0.850. The predicted octanol–water partition coefficient (Wildman–Crippen LogP) is 5.84. The highest BCUT2D eigenvalue weighted by molar-refractivity contribution is 7.91. The fourth-order valence-corrected chi connectivity index (χ4v) is 7.76. The van der Waals surface area contributed by atoms with Crippen molar-refractivity contribution in [2.24, 2.45) is 5.92 Å². The minimum atomic E-state index is -3.44. The number of hydrogen-bond donors (Lipinski definition) is 0. The first kappa shape index (κ1) is 30.0. The molecule has 4 atom stereocenters. The largest absolute Gasteiger partial charge is 0.458 e. The van der Waals surface area contributed by atoms with Crippen LogP contribution in [0.4, 0.5) is 0 Å². The number of amides is 1. The molecule has 222 valence electrons.